The second-order valence-corrected chi connectivity index (χ2v) is 9.28. The molecule has 0 amide bonds. The van der Waals surface area contributed by atoms with Crippen molar-refractivity contribution in [2.45, 2.75) is 13.3 Å². The second-order valence-electron chi connectivity index (χ2n) is 9.28. The van der Waals surface area contributed by atoms with Gasteiger partial charge in [-0.15, -0.1) is 0 Å². The lowest BCUT2D eigenvalue weighted by atomic mass is 10.0. The van der Waals surface area contributed by atoms with Gasteiger partial charge in [0.2, 0.25) is 5.56 Å². The van der Waals surface area contributed by atoms with Crippen molar-refractivity contribution in [3.05, 3.63) is 51.8 Å². The van der Waals surface area contributed by atoms with Crippen LogP contribution in [0.25, 0.3) is 10.9 Å². The maximum Gasteiger partial charge on any atom is 0.248 e. The second kappa shape index (κ2) is 11.7. The summed E-state index contributed by atoms with van der Waals surface area (Å²) in [6.45, 7) is 4.88. The van der Waals surface area contributed by atoms with Gasteiger partial charge in [0.15, 0.2) is 28.8 Å². The normalized spacial score (nSPS) is 17.4. The van der Waals surface area contributed by atoms with E-state index in [1.165, 1.54) is 0 Å². The van der Waals surface area contributed by atoms with Crippen LogP contribution in [0, 0.1) is 6.92 Å². The summed E-state index contributed by atoms with van der Waals surface area (Å²) in [6, 6.07) is 8.99. The van der Waals surface area contributed by atoms with Crippen LogP contribution in [0.1, 0.15) is 11.1 Å². The van der Waals surface area contributed by atoms with Crippen molar-refractivity contribution in [3.63, 3.8) is 0 Å². The highest BCUT2D eigenvalue weighted by atomic mass is 16.6. The quantitative estimate of drug-likeness (QED) is 0.475. The molecule has 3 aromatic rings. The number of anilines is 1. The molecule has 2 aliphatic rings. The molecule has 2 aromatic carbocycles. The fraction of sp³-hybridized carbons (Fsp3) is 0.429. The summed E-state index contributed by atoms with van der Waals surface area (Å²) < 4.78 is 35.4. The Hall–Kier alpha value is -3.76. The number of likely N-dealkylation sites (N-methyl/N-ethyl adjacent to an activating group) is 1. The first kappa shape index (κ1) is 25.9. The minimum atomic E-state index is -0.169. The molecule has 0 spiro atoms. The molecule has 1 aromatic heterocycles. The predicted molar refractivity (Wildman–Crippen MR) is 141 cm³/mol. The molecule has 38 heavy (non-hydrogen) atoms. The van der Waals surface area contributed by atoms with Gasteiger partial charge in [0.1, 0.15) is 26.4 Å². The number of rotatable bonds is 0. The van der Waals surface area contributed by atoms with Gasteiger partial charge < -0.3 is 38.3 Å². The summed E-state index contributed by atoms with van der Waals surface area (Å²) in [5.74, 6) is 2.42. The highest BCUT2D eigenvalue weighted by Gasteiger charge is 2.23. The SMILES string of the molecule is Cc1cc(=O)[nH]c2cc3c(cc12)OCCOCCOc1cc2c(cc1OCCOCCO3)N(C)CC(=O)C2. The standard InChI is InChI=1S/C28H32N2O8/c1-18-11-28(32)29-22-15-26-25(14-21(18)22)36-8-4-33-3-7-35-24-13-19-12-20(31)17-30(2)23(19)16-27(24)38-10-6-34-5-9-37-26/h11,13-16H,3-10,12,17H2,1-2H3,(H,29,32). The number of H-pyrrole nitrogens is 1. The number of hydrogen-bond donors (Lipinski definition) is 1. The third kappa shape index (κ3) is 6.03. The number of aromatic nitrogens is 1. The predicted octanol–water partition coefficient (Wildman–Crippen LogP) is 2.66. The van der Waals surface area contributed by atoms with Crippen LogP contribution in [0.3, 0.4) is 0 Å². The first-order valence-electron chi connectivity index (χ1n) is 12.7. The van der Waals surface area contributed by atoms with Gasteiger partial charge in [-0.2, -0.15) is 0 Å². The Kier molecular flexibility index (Phi) is 8.00. The Morgan fingerprint density at radius 2 is 1.26 bits per heavy atom. The zero-order chi connectivity index (χ0) is 26.5. The van der Waals surface area contributed by atoms with Crippen molar-refractivity contribution < 1.29 is 33.2 Å². The zero-order valence-corrected chi connectivity index (χ0v) is 21.7. The number of Topliss-reactive ketones (excluding diaryl/α,β-unsaturated/α-hetero) is 1. The number of hydrogen-bond acceptors (Lipinski definition) is 9. The van der Waals surface area contributed by atoms with E-state index in [0.29, 0.717) is 94.3 Å². The van der Waals surface area contributed by atoms with Crippen LogP contribution >= 0.6 is 0 Å². The van der Waals surface area contributed by atoms with E-state index in [-0.39, 0.29) is 11.3 Å². The number of benzene rings is 2. The van der Waals surface area contributed by atoms with E-state index in [1.54, 1.807) is 12.1 Å². The number of nitrogens with zero attached hydrogens (tertiary/aromatic N) is 1. The zero-order valence-electron chi connectivity index (χ0n) is 21.7. The summed E-state index contributed by atoms with van der Waals surface area (Å²) in [5.41, 5.74) is 3.24. The molecule has 0 atom stereocenters. The molecule has 0 fully saturated rings. The molecule has 0 saturated carbocycles. The van der Waals surface area contributed by atoms with Crippen LogP contribution in [-0.4, -0.2) is 77.2 Å². The summed E-state index contributed by atoms with van der Waals surface area (Å²) >= 11 is 0. The number of ether oxygens (including phenoxy) is 6. The first-order chi connectivity index (χ1) is 18.5. The molecule has 0 radical (unpaired) electrons. The Labute approximate surface area is 220 Å². The van der Waals surface area contributed by atoms with Crippen LogP contribution in [-0.2, 0) is 20.7 Å². The van der Waals surface area contributed by atoms with Gasteiger partial charge in [0.05, 0.1) is 38.5 Å². The van der Waals surface area contributed by atoms with Gasteiger partial charge >= 0.3 is 0 Å². The topological polar surface area (TPSA) is 109 Å². The van der Waals surface area contributed by atoms with Gasteiger partial charge in [-0.3, -0.25) is 9.59 Å². The largest absolute Gasteiger partial charge is 0.487 e. The van der Waals surface area contributed by atoms with Crippen molar-refractivity contribution in [1.29, 1.82) is 0 Å². The third-order valence-electron chi connectivity index (χ3n) is 6.41. The number of carbonyl (C=O) groups excluding carboxylic acids is 1. The summed E-state index contributed by atoms with van der Waals surface area (Å²) in [7, 11) is 1.89. The summed E-state index contributed by atoms with van der Waals surface area (Å²) in [4.78, 5) is 28.8. The van der Waals surface area contributed by atoms with Gasteiger partial charge in [0.25, 0.3) is 0 Å². The smallest absolute Gasteiger partial charge is 0.248 e. The summed E-state index contributed by atoms with van der Waals surface area (Å²) in [6.07, 6.45) is 0.375. The van der Waals surface area contributed by atoms with Crippen molar-refractivity contribution in [2.75, 3.05) is 71.3 Å². The molecule has 10 nitrogen and oxygen atoms in total. The van der Waals surface area contributed by atoms with E-state index in [2.05, 4.69) is 4.98 Å². The first-order valence-corrected chi connectivity index (χ1v) is 12.7. The molecular formula is C28H32N2O8. The lowest BCUT2D eigenvalue weighted by Gasteiger charge is -2.28. The van der Waals surface area contributed by atoms with Crippen LogP contribution in [0.4, 0.5) is 5.69 Å². The fourth-order valence-corrected chi connectivity index (χ4v) is 4.64. The average Bonchev–Trinajstić information content (AvgIpc) is 2.87. The average molecular weight is 525 g/mol. The molecule has 0 aliphatic carbocycles. The lowest BCUT2D eigenvalue weighted by Crippen LogP contribution is -2.32. The van der Waals surface area contributed by atoms with E-state index in [4.69, 9.17) is 28.4 Å². The molecule has 0 bridgehead atoms. The monoisotopic (exact) mass is 524 g/mol. The van der Waals surface area contributed by atoms with E-state index < -0.39 is 0 Å². The third-order valence-corrected chi connectivity index (χ3v) is 6.41. The Bertz CT molecular complexity index is 1370. The van der Waals surface area contributed by atoms with Gasteiger partial charge in [-0.25, -0.2) is 0 Å². The Morgan fingerprint density at radius 1 is 0.711 bits per heavy atom. The maximum atomic E-state index is 12.1. The van der Waals surface area contributed by atoms with E-state index in [1.807, 2.05) is 37.1 Å². The summed E-state index contributed by atoms with van der Waals surface area (Å²) in [5, 5.41) is 0.880. The Morgan fingerprint density at radius 3 is 1.89 bits per heavy atom. The maximum absolute atomic E-state index is 12.1. The van der Waals surface area contributed by atoms with Crippen molar-refractivity contribution in [3.8, 4) is 23.0 Å². The minimum absolute atomic E-state index is 0.165. The highest BCUT2D eigenvalue weighted by Crippen LogP contribution is 2.37. The molecular weight excluding hydrogens is 492 g/mol. The van der Waals surface area contributed by atoms with Gasteiger partial charge in [-0.05, 0) is 30.2 Å². The lowest BCUT2D eigenvalue weighted by molar-refractivity contribution is -0.117. The van der Waals surface area contributed by atoms with Crippen molar-refractivity contribution in [1.82, 2.24) is 4.98 Å². The van der Waals surface area contributed by atoms with Crippen LogP contribution in [0.5, 0.6) is 23.0 Å². The number of carbonyl (C=O) groups is 1. The van der Waals surface area contributed by atoms with Gasteiger partial charge in [0, 0.05) is 42.7 Å². The van der Waals surface area contributed by atoms with E-state index in [9.17, 15) is 9.59 Å². The van der Waals surface area contributed by atoms with Crippen LogP contribution in [0.15, 0.2) is 35.1 Å². The van der Waals surface area contributed by atoms with Gasteiger partial charge in [-0.1, -0.05) is 0 Å². The molecule has 202 valence electrons. The number of aryl methyl sites for hydroxylation is 1. The van der Waals surface area contributed by atoms with E-state index in [0.717, 1.165) is 22.2 Å². The number of pyridine rings is 1. The van der Waals surface area contributed by atoms with Crippen molar-refractivity contribution >= 4 is 22.4 Å². The number of aromatic amines is 1. The number of ketones is 1. The van der Waals surface area contributed by atoms with Crippen LogP contribution < -0.4 is 29.4 Å². The highest BCUT2D eigenvalue weighted by molar-refractivity contribution is 5.90. The molecule has 10 heteroatoms. The number of fused-ring (bicyclic) bond motifs is 4. The van der Waals surface area contributed by atoms with E-state index >= 15 is 0 Å². The molecule has 5 rings (SSSR count). The Balaban J connectivity index is 1.29. The molecule has 3 heterocycles. The molecule has 0 unspecified atom stereocenters. The molecule has 1 N–H and O–H groups in total. The molecule has 0 saturated heterocycles. The van der Waals surface area contributed by atoms with Crippen molar-refractivity contribution in [2.24, 2.45) is 0 Å². The molecule has 2 aliphatic heterocycles. The van der Waals surface area contributed by atoms with Crippen LogP contribution in [0.2, 0.25) is 0 Å². The minimum Gasteiger partial charge on any atom is -0.487 e. The number of nitrogens with one attached hydrogen (secondary N) is 1. The fourth-order valence-electron chi connectivity index (χ4n) is 4.64.